The summed E-state index contributed by atoms with van der Waals surface area (Å²) < 4.78 is 0. The fraction of sp³-hybridized carbons (Fsp3) is 0.238. The quantitative estimate of drug-likeness (QED) is 0.892. The predicted molar refractivity (Wildman–Crippen MR) is 96.9 cm³/mol. The summed E-state index contributed by atoms with van der Waals surface area (Å²) in [7, 11) is 2.01. The Labute approximate surface area is 138 Å². The number of rotatable bonds is 5. The molecule has 1 N–H and O–H groups in total. The molecule has 3 rings (SSSR count). The third kappa shape index (κ3) is 2.95. The first kappa shape index (κ1) is 15.6. The van der Waals surface area contributed by atoms with Crippen LogP contribution in [-0.2, 0) is 5.60 Å². The maximum absolute atomic E-state index is 11.7. The number of fused-ring (bicyclic) bond motifs is 2. The fourth-order valence-electron chi connectivity index (χ4n) is 3.31. The van der Waals surface area contributed by atoms with Crippen molar-refractivity contribution in [2.75, 3.05) is 13.6 Å². The zero-order valence-corrected chi connectivity index (χ0v) is 13.6. The van der Waals surface area contributed by atoms with Crippen LogP contribution in [0.4, 0.5) is 0 Å². The summed E-state index contributed by atoms with van der Waals surface area (Å²) in [6.07, 6.45) is 7.59. The summed E-state index contributed by atoms with van der Waals surface area (Å²) in [5.41, 5.74) is 3.19. The van der Waals surface area contributed by atoms with Crippen molar-refractivity contribution < 1.29 is 5.11 Å². The largest absolute Gasteiger partial charge is 0.381 e. The molecule has 2 aromatic carbocycles. The highest BCUT2D eigenvalue weighted by Gasteiger charge is 2.35. The lowest BCUT2D eigenvalue weighted by Gasteiger charge is -2.31. The molecule has 118 valence electrons. The number of hydrogen-bond acceptors (Lipinski definition) is 2. The van der Waals surface area contributed by atoms with Gasteiger partial charge >= 0.3 is 0 Å². The minimum atomic E-state index is -0.960. The van der Waals surface area contributed by atoms with Gasteiger partial charge in [0.1, 0.15) is 5.60 Å². The van der Waals surface area contributed by atoms with Crippen molar-refractivity contribution in [2.45, 2.75) is 18.4 Å². The van der Waals surface area contributed by atoms with Crippen LogP contribution < -0.4 is 0 Å². The Hall–Kier alpha value is -2.32. The van der Waals surface area contributed by atoms with Crippen LogP contribution in [0.2, 0.25) is 0 Å². The maximum Gasteiger partial charge on any atom is 0.116 e. The molecule has 0 radical (unpaired) electrons. The minimum Gasteiger partial charge on any atom is -0.381 e. The van der Waals surface area contributed by atoms with Crippen molar-refractivity contribution in [3.63, 3.8) is 0 Å². The monoisotopic (exact) mass is 305 g/mol. The van der Waals surface area contributed by atoms with Crippen LogP contribution in [0.15, 0.2) is 61.3 Å². The Balaban J connectivity index is 2.03. The second kappa shape index (κ2) is 6.43. The molecule has 0 amide bonds. The van der Waals surface area contributed by atoms with Crippen LogP contribution in [0.5, 0.6) is 0 Å². The van der Waals surface area contributed by atoms with Gasteiger partial charge in [0.15, 0.2) is 0 Å². The molecule has 0 unspecified atom stereocenters. The molecule has 0 saturated heterocycles. The van der Waals surface area contributed by atoms with Crippen molar-refractivity contribution in [3.8, 4) is 0 Å². The van der Waals surface area contributed by atoms with Crippen LogP contribution in [0.3, 0.4) is 0 Å². The van der Waals surface area contributed by atoms with Gasteiger partial charge in [-0.2, -0.15) is 0 Å². The van der Waals surface area contributed by atoms with Crippen LogP contribution >= 0.6 is 0 Å². The van der Waals surface area contributed by atoms with E-state index in [9.17, 15) is 5.11 Å². The van der Waals surface area contributed by atoms with E-state index in [1.54, 1.807) is 0 Å². The summed E-state index contributed by atoms with van der Waals surface area (Å²) in [5, 5.41) is 11.7. The van der Waals surface area contributed by atoms with Gasteiger partial charge < -0.3 is 10.0 Å². The van der Waals surface area contributed by atoms with Crippen molar-refractivity contribution in [2.24, 2.45) is 0 Å². The molecule has 0 aromatic heterocycles. The molecule has 0 aliphatic heterocycles. The van der Waals surface area contributed by atoms with E-state index in [4.69, 9.17) is 0 Å². The highest BCUT2D eigenvalue weighted by Crippen LogP contribution is 2.40. The highest BCUT2D eigenvalue weighted by molar-refractivity contribution is 5.77. The normalized spacial score (nSPS) is 14.5. The second-order valence-corrected chi connectivity index (χ2v) is 6.13. The number of hydrogen-bond donors (Lipinski definition) is 1. The van der Waals surface area contributed by atoms with Crippen LogP contribution in [0.25, 0.3) is 12.2 Å². The molecule has 1 aliphatic carbocycles. The molecule has 2 aromatic rings. The zero-order valence-electron chi connectivity index (χ0n) is 13.6. The Morgan fingerprint density at radius 3 is 2.04 bits per heavy atom. The van der Waals surface area contributed by atoms with Gasteiger partial charge in [0.25, 0.3) is 0 Å². The van der Waals surface area contributed by atoms with E-state index in [-0.39, 0.29) is 0 Å². The first-order chi connectivity index (χ1) is 11.1. The Morgan fingerprint density at radius 1 is 1.00 bits per heavy atom. The van der Waals surface area contributed by atoms with Gasteiger partial charge in [0.05, 0.1) is 0 Å². The van der Waals surface area contributed by atoms with Gasteiger partial charge in [-0.25, -0.2) is 0 Å². The molecule has 1 aliphatic rings. The van der Waals surface area contributed by atoms with Crippen LogP contribution in [-0.4, -0.2) is 23.6 Å². The molecule has 0 heterocycles. The van der Waals surface area contributed by atoms with E-state index >= 15 is 0 Å². The molecule has 0 spiro atoms. The molecule has 0 atom stereocenters. The number of nitrogens with zero attached hydrogens (tertiary/aromatic N) is 1. The molecule has 0 fully saturated rings. The van der Waals surface area contributed by atoms with Gasteiger partial charge in [-0.1, -0.05) is 67.3 Å². The average Bonchev–Trinajstić information content (AvgIpc) is 2.71. The van der Waals surface area contributed by atoms with E-state index < -0.39 is 5.60 Å². The van der Waals surface area contributed by atoms with Gasteiger partial charge in [0, 0.05) is 13.6 Å². The lowest BCUT2D eigenvalue weighted by Crippen LogP contribution is -2.30. The van der Waals surface area contributed by atoms with Crippen molar-refractivity contribution in [1.29, 1.82) is 0 Å². The lowest BCUT2D eigenvalue weighted by atomic mass is 9.80. The third-order valence-electron chi connectivity index (χ3n) is 4.62. The molecule has 2 nitrogen and oxygen atoms in total. The van der Waals surface area contributed by atoms with E-state index in [2.05, 4.69) is 35.8 Å². The van der Waals surface area contributed by atoms with Crippen molar-refractivity contribution >= 4 is 12.2 Å². The van der Waals surface area contributed by atoms with Crippen LogP contribution in [0.1, 0.15) is 35.1 Å². The summed E-state index contributed by atoms with van der Waals surface area (Å²) in [5.74, 6) is 0. The Morgan fingerprint density at radius 2 is 1.52 bits per heavy atom. The molecular weight excluding hydrogens is 282 g/mol. The summed E-state index contributed by atoms with van der Waals surface area (Å²) in [6.45, 7) is 4.66. The second-order valence-electron chi connectivity index (χ2n) is 6.13. The maximum atomic E-state index is 11.7. The molecule has 0 bridgehead atoms. The van der Waals surface area contributed by atoms with Crippen molar-refractivity contribution in [3.05, 3.63) is 83.6 Å². The Kier molecular flexibility index (Phi) is 4.35. The van der Waals surface area contributed by atoms with E-state index in [1.807, 2.05) is 49.6 Å². The highest BCUT2D eigenvalue weighted by atomic mass is 16.3. The lowest BCUT2D eigenvalue weighted by molar-refractivity contribution is 0.0667. The topological polar surface area (TPSA) is 23.5 Å². The first-order valence-corrected chi connectivity index (χ1v) is 8.07. The van der Waals surface area contributed by atoms with E-state index in [0.29, 0.717) is 6.42 Å². The summed E-state index contributed by atoms with van der Waals surface area (Å²) >= 11 is 0. The van der Waals surface area contributed by atoms with E-state index in [1.165, 1.54) is 0 Å². The SMILES string of the molecule is C=CN(C)CCCC1(O)c2ccccc2C=Cc2ccccc21. The zero-order chi connectivity index (χ0) is 16.3. The Bertz CT molecular complexity index is 683. The fourth-order valence-corrected chi connectivity index (χ4v) is 3.31. The standard InChI is InChI=1S/C21H23NO/c1-3-22(2)16-8-15-21(23)19-11-6-4-9-17(19)13-14-18-10-5-7-12-20(18)21/h3-7,9-14,23H,1,8,15-16H2,2H3. The van der Waals surface area contributed by atoms with Gasteiger partial charge in [-0.15, -0.1) is 0 Å². The van der Waals surface area contributed by atoms with Crippen LogP contribution in [0, 0.1) is 0 Å². The van der Waals surface area contributed by atoms with Crippen molar-refractivity contribution in [1.82, 2.24) is 4.90 Å². The van der Waals surface area contributed by atoms with Gasteiger partial charge in [-0.05, 0) is 41.3 Å². The smallest absolute Gasteiger partial charge is 0.116 e. The third-order valence-corrected chi connectivity index (χ3v) is 4.62. The number of benzene rings is 2. The van der Waals surface area contributed by atoms with Gasteiger partial charge in [-0.3, -0.25) is 0 Å². The minimum absolute atomic E-state index is 0.681. The van der Waals surface area contributed by atoms with E-state index in [0.717, 1.165) is 35.2 Å². The number of aliphatic hydroxyl groups is 1. The summed E-state index contributed by atoms with van der Waals surface area (Å²) in [6, 6.07) is 16.3. The average molecular weight is 305 g/mol. The predicted octanol–water partition coefficient (Wildman–Crippen LogP) is 4.26. The molecule has 2 heteroatoms. The molecular formula is C21H23NO. The molecule has 23 heavy (non-hydrogen) atoms. The molecule has 0 saturated carbocycles. The van der Waals surface area contributed by atoms with Gasteiger partial charge in [0.2, 0.25) is 0 Å². The first-order valence-electron chi connectivity index (χ1n) is 8.07. The summed E-state index contributed by atoms with van der Waals surface area (Å²) in [4.78, 5) is 2.05.